The Bertz CT molecular complexity index is 855. The molecule has 0 amide bonds. The molecule has 106 valence electrons. The molecular formula is C14H12N4O3. The molecule has 0 unspecified atom stereocenters. The third-order valence-electron chi connectivity index (χ3n) is 3.19. The maximum atomic E-state index is 11.5. The summed E-state index contributed by atoms with van der Waals surface area (Å²) in [7, 11) is 1.69. The number of carboxylic acid groups (broad SMARTS) is 1. The monoisotopic (exact) mass is 284 g/mol. The van der Waals surface area contributed by atoms with Crippen molar-refractivity contribution in [3.05, 3.63) is 58.9 Å². The van der Waals surface area contributed by atoms with Crippen LogP contribution in [-0.4, -0.2) is 30.4 Å². The summed E-state index contributed by atoms with van der Waals surface area (Å²) in [5.74, 6) is -1.06. The lowest BCUT2D eigenvalue weighted by atomic mass is 10.1. The van der Waals surface area contributed by atoms with Crippen molar-refractivity contribution in [1.29, 1.82) is 0 Å². The smallest absolute Gasteiger partial charge is 0.356 e. The zero-order valence-electron chi connectivity index (χ0n) is 11.1. The summed E-state index contributed by atoms with van der Waals surface area (Å²) in [6, 6.07) is 8.73. The molecule has 0 radical (unpaired) electrons. The van der Waals surface area contributed by atoms with E-state index < -0.39 is 5.97 Å². The van der Waals surface area contributed by atoms with Gasteiger partial charge < -0.3 is 10.1 Å². The molecule has 0 aliphatic carbocycles. The van der Waals surface area contributed by atoms with Gasteiger partial charge in [0.25, 0.3) is 0 Å². The molecule has 2 aromatic heterocycles. The van der Waals surface area contributed by atoms with Gasteiger partial charge in [-0.3, -0.25) is 9.25 Å². The Morgan fingerprint density at radius 2 is 2.00 bits per heavy atom. The molecule has 7 heteroatoms. The number of carboxylic acids is 1. The summed E-state index contributed by atoms with van der Waals surface area (Å²) < 4.78 is 3.00. The number of hydrogen-bond donors (Lipinski definition) is 2. The van der Waals surface area contributed by atoms with Gasteiger partial charge in [0.05, 0.1) is 11.4 Å². The number of benzene rings is 1. The summed E-state index contributed by atoms with van der Waals surface area (Å²) in [5, 5.41) is 12.9. The van der Waals surface area contributed by atoms with Crippen LogP contribution in [0.15, 0.2) is 47.5 Å². The van der Waals surface area contributed by atoms with Crippen LogP contribution in [0.2, 0.25) is 0 Å². The van der Waals surface area contributed by atoms with Crippen LogP contribution >= 0.6 is 0 Å². The van der Waals surface area contributed by atoms with Gasteiger partial charge >= 0.3 is 11.7 Å². The summed E-state index contributed by atoms with van der Waals surface area (Å²) in [4.78, 5) is 25.0. The van der Waals surface area contributed by atoms with Crippen LogP contribution in [-0.2, 0) is 7.05 Å². The Morgan fingerprint density at radius 1 is 1.29 bits per heavy atom. The third-order valence-corrected chi connectivity index (χ3v) is 3.19. The molecule has 0 fully saturated rings. The van der Waals surface area contributed by atoms with Crippen LogP contribution in [0.1, 0.15) is 10.5 Å². The molecule has 2 N–H and O–H groups in total. The van der Waals surface area contributed by atoms with Crippen molar-refractivity contribution in [2.75, 3.05) is 0 Å². The number of rotatable bonds is 3. The highest BCUT2D eigenvalue weighted by molar-refractivity contribution is 5.87. The van der Waals surface area contributed by atoms with Gasteiger partial charge in [-0.05, 0) is 23.8 Å². The molecule has 0 bridgehead atoms. The predicted octanol–water partition coefficient (Wildman–Crippen LogP) is 1.26. The van der Waals surface area contributed by atoms with Crippen molar-refractivity contribution < 1.29 is 9.90 Å². The van der Waals surface area contributed by atoms with E-state index in [1.807, 2.05) is 12.1 Å². The number of hydrogen-bond acceptors (Lipinski definition) is 3. The average Bonchev–Trinajstić information content (AvgIpc) is 3.05. The fraction of sp³-hybridized carbons (Fsp3) is 0.0714. The van der Waals surface area contributed by atoms with Crippen LogP contribution in [0.3, 0.4) is 0 Å². The fourth-order valence-electron chi connectivity index (χ4n) is 2.16. The van der Waals surface area contributed by atoms with Gasteiger partial charge in [0, 0.05) is 19.4 Å². The molecule has 0 saturated carbocycles. The van der Waals surface area contributed by atoms with E-state index in [1.165, 1.54) is 15.3 Å². The van der Waals surface area contributed by atoms with Crippen LogP contribution < -0.4 is 5.69 Å². The van der Waals surface area contributed by atoms with Crippen molar-refractivity contribution >= 4 is 5.97 Å². The number of aryl methyl sites for hydroxylation is 1. The highest BCUT2D eigenvalue weighted by Gasteiger charge is 2.12. The molecule has 21 heavy (non-hydrogen) atoms. The molecule has 3 aromatic rings. The third kappa shape index (κ3) is 2.25. The number of imidazole rings is 1. The second-order valence-corrected chi connectivity index (χ2v) is 4.53. The predicted molar refractivity (Wildman–Crippen MR) is 75.6 cm³/mol. The summed E-state index contributed by atoms with van der Waals surface area (Å²) in [6.45, 7) is 0. The lowest BCUT2D eigenvalue weighted by Gasteiger charge is -2.04. The molecule has 0 saturated heterocycles. The lowest BCUT2D eigenvalue weighted by Crippen LogP contribution is -2.13. The van der Waals surface area contributed by atoms with Gasteiger partial charge in [-0.25, -0.2) is 9.59 Å². The Hall–Kier alpha value is -3.09. The van der Waals surface area contributed by atoms with E-state index in [0.29, 0.717) is 5.69 Å². The minimum absolute atomic E-state index is 0.00145. The molecule has 3 rings (SSSR count). The molecule has 0 atom stereocenters. The van der Waals surface area contributed by atoms with E-state index >= 15 is 0 Å². The number of nitrogens with one attached hydrogen (secondary N) is 1. The first kappa shape index (κ1) is 12.9. The van der Waals surface area contributed by atoms with Gasteiger partial charge in [-0.1, -0.05) is 12.1 Å². The quantitative estimate of drug-likeness (QED) is 0.757. The average molecular weight is 284 g/mol. The van der Waals surface area contributed by atoms with E-state index in [-0.39, 0.29) is 11.4 Å². The Balaban J connectivity index is 2.00. The number of carbonyl (C=O) groups is 1. The zero-order valence-corrected chi connectivity index (χ0v) is 11.1. The molecule has 1 aromatic carbocycles. The molecule has 7 nitrogen and oxygen atoms in total. The number of H-pyrrole nitrogens is 1. The first-order valence-corrected chi connectivity index (χ1v) is 6.20. The molecular weight excluding hydrogens is 272 g/mol. The Kier molecular flexibility index (Phi) is 2.94. The molecule has 0 spiro atoms. The van der Waals surface area contributed by atoms with Crippen molar-refractivity contribution in [2.24, 2.45) is 7.05 Å². The van der Waals surface area contributed by atoms with Crippen LogP contribution in [0.4, 0.5) is 0 Å². The van der Waals surface area contributed by atoms with E-state index in [1.54, 1.807) is 31.6 Å². The Labute approximate surface area is 119 Å². The van der Waals surface area contributed by atoms with E-state index in [4.69, 9.17) is 5.11 Å². The lowest BCUT2D eigenvalue weighted by molar-refractivity contribution is 0.0689. The second-order valence-electron chi connectivity index (χ2n) is 4.53. The maximum Gasteiger partial charge on any atom is 0.356 e. The summed E-state index contributed by atoms with van der Waals surface area (Å²) >= 11 is 0. The zero-order chi connectivity index (χ0) is 15.0. The van der Waals surface area contributed by atoms with E-state index in [0.717, 1.165) is 11.3 Å². The maximum absolute atomic E-state index is 11.5. The van der Waals surface area contributed by atoms with Gasteiger partial charge in [-0.2, -0.15) is 5.10 Å². The number of nitrogens with zero attached hydrogens (tertiary/aromatic N) is 3. The normalized spacial score (nSPS) is 10.7. The Morgan fingerprint density at radius 3 is 2.52 bits per heavy atom. The minimum atomic E-state index is -1.06. The largest absolute Gasteiger partial charge is 0.476 e. The highest BCUT2D eigenvalue weighted by Crippen LogP contribution is 2.21. The minimum Gasteiger partial charge on any atom is -0.476 e. The second kappa shape index (κ2) is 4.78. The van der Waals surface area contributed by atoms with Crippen molar-refractivity contribution in [1.82, 2.24) is 19.3 Å². The van der Waals surface area contributed by atoms with Gasteiger partial charge in [-0.15, -0.1) is 0 Å². The number of aromatic nitrogens is 4. The topological polar surface area (TPSA) is 92.9 Å². The highest BCUT2D eigenvalue weighted by atomic mass is 16.4. The van der Waals surface area contributed by atoms with Gasteiger partial charge in [0.15, 0.2) is 5.69 Å². The summed E-state index contributed by atoms with van der Waals surface area (Å²) in [6.07, 6.45) is 3.21. The van der Waals surface area contributed by atoms with Crippen molar-refractivity contribution in [3.8, 4) is 16.9 Å². The standard InChI is InChI=1S/C14H12N4O3/c1-17-12(8-11(16-17)13(19)20)9-2-4-10(5-3-9)18-7-6-15-14(18)21/h2-8H,1H3,(H,15,21)(H,19,20). The van der Waals surface area contributed by atoms with Crippen LogP contribution in [0.25, 0.3) is 16.9 Å². The van der Waals surface area contributed by atoms with Crippen LogP contribution in [0, 0.1) is 0 Å². The number of aromatic amines is 1. The van der Waals surface area contributed by atoms with Gasteiger partial charge in [0.1, 0.15) is 0 Å². The van der Waals surface area contributed by atoms with Gasteiger partial charge in [0.2, 0.25) is 0 Å². The molecule has 0 aliphatic heterocycles. The first-order chi connectivity index (χ1) is 10.1. The SMILES string of the molecule is Cn1nc(C(=O)O)cc1-c1ccc(-n2cc[nH]c2=O)cc1. The van der Waals surface area contributed by atoms with Crippen molar-refractivity contribution in [3.63, 3.8) is 0 Å². The van der Waals surface area contributed by atoms with Crippen molar-refractivity contribution in [2.45, 2.75) is 0 Å². The number of aromatic carboxylic acids is 1. The summed E-state index contributed by atoms with van der Waals surface area (Å²) in [5.41, 5.74) is 2.03. The first-order valence-electron chi connectivity index (χ1n) is 6.20. The molecule has 2 heterocycles. The molecule has 0 aliphatic rings. The van der Waals surface area contributed by atoms with Crippen LogP contribution in [0.5, 0.6) is 0 Å². The van der Waals surface area contributed by atoms with E-state index in [9.17, 15) is 9.59 Å². The fourth-order valence-corrected chi connectivity index (χ4v) is 2.16. The van der Waals surface area contributed by atoms with E-state index in [2.05, 4.69) is 10.1 Å².